The second-order valence-corrected chi connectivity index (χ2v) is 8.82. The minimum atomic E-state index is -0.618. The van der Waals surface area contributed by atoms with Crippen LogP contribution in [-0.2, 0) is 17.9 Å². The summed E-state index contributed by atoms with van der Waals surface area (Å²) in [6.07, 6.45) is 0.619. The van der Waals surface area contributed by atoms with E-state index in [0.29, 0.717) is 31.6 Å². The molecule has 6 heteroatoms. The van der Waals surface area contributed by atoms with Crippen LogP contribution in [0.2, 0.25) is 0 Å². The van der Waals surface area contributed by atoms with E-state index in [1.807, 2.05) is 36.1 Å². The topological polar surface area (TPSA) is 32.3 Å². The van der Waals surface area contributed by atoms with Gasteiger partial charge in [0.2, 0.25) is 5.91 Å². The molecule has 33 heavy (non-hydrogen) atoms. The molecular weight excluding hydrogens is 425 g/mol. The van der Waals surface area contributed by atoms with Crippen molar-refractivity contribution in [3.8, 4) is 0 Å². The average Bonchev–Trinajstić information content (AvgIpc) is 2.80. The molecule has 3 aromatic rings. The molecular formula is C27H27F3N2O. The number of nitrogens with one attached hydrogen (secondary N) is 1. The monoisotopic (exact) mass is 452 g/mol. The Labute approximate surface area is 192 Å². The van der Waals surface area contributed by atoms with E-state index < -0.39 is 11.6 Å². The predicted molar refractivity (Wildman–Crippen MR) is 122 cm³/mol. The van der Waals surface area contributed by atoms with E-state index in [1.54, 1.807) is 12.1 Å². The van der Waals surface area contributed by atoms with Crippen LogP contribution in [-0.4, -0.2) is 23.9 Å². The van der Waals surface area contributed by atoms with Crippen LogP contribution in [0.4, 0.5) is 13.2 Å². The maximum atomic E-state index is 14.3. The van der Waals surface area contributed by atoms with Crippen molar-refractivity contribution in [2.45, 2.75) is 32.4 Å². The predicted octanol–water partition coefficient (Wildman–Crippen LogP) is 5.33. The summed E-state index contributed by atoms with van der Waals surface area (Å²) in [5, 5.41) is 3.03. The summed E-state index contributed by atoms with van der Waals surface area (Å²) in [7, 11) is 0. The van der Waals surface area contributed by atoms with Gasteiger partial charge >= 0.3 is 0 Å². The number of likely N-dealkylation sites (tertiary alicyclic amines) is 1. The van der Waals surface area contributed by atoms with Gasteiger partial charge in [-0.2, -0.15) is 0 Å². The van der Waals surface area contributed by atoms with Gasteiger partial charge in [-0.15, -0.1) is 0 Å². The number of hydrogen-bond acceptors (Lipinski definition) is 2. The number of rotatable bonds is 6. The van der Waals surface area contributed by atoms with Gasteiger partial charge in [-0.3, -0.25) is 9.69 Å². The van der Waals surface area contributed by atoms with Gasteiger partial charge in [0, 0.05) is 37.8 Å². The molecule has 1 aliphatic rings. The summed E-state index contributed by atoms with van der Waals surface area (Å²) in [6.45, 7) is 3.78. The van der Waals surface area contributed by atoms with Crippen molar-refractivity contribution in [3.05, 3.63) is 106 Å². The number of amides is 1. The summed E-state index contributed by atoms with van der Waals surface area (Å²) >= 11 is 0. The molecule has 1 N–H and O–H groups in total. The van der Waals surface area contributed by atoms with Gasteiger partial charge in [0.15, 0.2) is 0 Å². The van der Waals surface area contributed by atoms with E-state index in [0.717, 1.165) is 22.8 Å². The number of nitrogens with zero attached hydrogens (tertiary/aromatic N) is 1. The first-order valence-corrected chi connectivity index (χ1v) is 11.1. The van der Waals surface area contributed by atoms with E-state index in [-0.39, 0.29) is 30.1 Å². The van der Waals surface area contributed by atoms with Gasteiger partial charge in [-0.1, -0.05) is 48.0 Å². The fourth-order valence-corrected chi connectivity index (χ4v) is 4.53. The van der Waals surface area contributed by atoms with Gasteiger partial charge in [-0.25, -0.2) is 13.2 Å². The number of carbonyl (C=O) groups excluding carboxylic acids is 1. The van der Waals surface area contributed by atoms with Gasteiger partial charge in [-0.05, 0) is 48.6 Å². The first-order valence-electron chi connectivity index (χ1n) is 11.1. The lowest BCUT2D eigenvalue weighted by Crippen LogP contribution is -2.45. The third kappa shape index (κ3) is 6.02. The maximum Gasteiger partial charge on any atom is 0.224 e. The van der Waals surface area contributed by atoms with E-state index >= 15 is 0 Å². The molecule has 0 bridgehead atoms. The maximum absolute atomic E-state index is 14.3. The lowest BCUT2D eigenvalue weighted by Gasteiger charge is -2.37. The van der Waals surface area contributed by atoms with Crippen molar-refractivity contribution >= 4 is 5.91 Å². The van der Waals surface area contributed by atoms with E-state index in [1.165, 1.54) is 24.3 Å². The van der Waals surface area contributed by atoms with Crippen molar-refractivity contribution in [2.75, 3.05) is 13.1 Å². The lowest BCUT2D eigenvalue weighted by atomic mass is 9.83. The molecule has 1 amide bonds. The standard InChI is InChI=1S/C27H27F3N2O/c1-18-3-2-4-19(11-18)14-31-27(33)23-12-22(20-5-8-24(28)9-6-20)16-32(17-23)15-21-7-10-25(29)13-26(21)30/h2-11,13,22-23H,12,14-17H2,1H3,(H,31,33)/t22-,23+/m1/s1. The first kappa shape index (κ1) is 23.1. The van der Waals surface area contributed by atoms with Gasteiger partial charge in [0.25, 0.3) is 0 Å². The molecule has 1 aliphatic heterocycles. The lowest BCUT2D eigenvalue weighted by molar-refractivity contribution is -0.127. The number of aryl methyl sites for hydroxylation is 1. The Hall–Kier alpha value is -3.12. The van der Waals surface area contributed by atoms with Gasteiger partial charge in [0.05, 0.1) is 5.92 Å². The Bertz CT molecular complexity index is 1120. The largest absolute Gasteiger partial charge is 0.352 e. The van der Waals surface area contributed by atoms with Gasteiger partial charge < -0.3 is 5.32 Å². The van der Waals surface area contributed by atoms with Crippen LogP contribution in [0.5, 0.6) is 0 Å². The average molecular weight is 453 g/mol. The molecule has 3 nitrogen and oxygen atoms in total. The highest BCUT2D eigenvalue weighted by atomic mass is 19.1. The molecule has 0 radical (unpaired) electrons. The molecule has 1 heterocycles. The van der Waals surface area contributed by atoms with Crippen molar-refractivity contribution in [3.63, 3.8) is 0 Å². The molecule has 0 aliphatic carbocycles. The third-order valence-corrected chi connectivity index (χ3v) is 6.20. The van der Waals surface area contributed by atoms with Crippen LogP contribution < -0.4 is 5.32 Å². The van der Waals surface area contributed by atoms with E-state index in [2.05, 4.69) is 5.32 Å². The molecule has 1 saturated heterocycles. The summed E-state index contributed by atoms with van der Waals surface area (Å²) in [4.78, 5) is 15.1. The minimum Gasteiger partial charge on any atom is -0.352 e. The molecule has 2 atom stereocenters. The van der Waals surface area contributed by atoms with Crippen LogP contribution in [0, 0.1) is 30.3 Å². The number of halogens is 3. The Kier molecular flexibility index (Phi) is 7.14. The molecule has 3 aromatic carbocycles. The van der Waals surface area contributed by atoms with Crippen LogP contribution in [0.1, 0.15) is 34.6 Å². The number of hydrogen-bond donors (Lipinski definition) is 1. The molecule has 0 aromatic heterocycles. The van der Waals surface area contributed by atoms with Crippen LogP contribution in [0.15, 0.2) is 66.7 Å². The fourth-order valence-electron chi connectivity index (χ4n) is 4.53. The SMILES string of the molecule is Cc1cccc(CNC(=O)[C@H]2C[C@@H](c3ccc(F)cc3)CN(Cc3ccc(F)cc3F)C2)c1. The van der Waals surface area contributed by atoms with Crippen LogP contribution in [0.3, 0.4) is 0 Å². The zero-order valence-corrected chi connectivity index (χ0v) is 18.5. The number of carbonyl (C=O) groups is 1. The van der Waals surface area contributed by atoms with Crippen molar-refractivity contribution in [2.24, 2.45) is 5.92 Å². The quantitative estimate of drug-likeness (QED) is 0.548. The zero-order chi connectivity index (χ0) is 23.4. The summed E-state index contributed by atoms with van der Waals surface area (Å²) in [5.41, 5.74) is 3.48. The van der Waals surface area contributed by atoms with Crippen molar-refractivity contribution in [1.29, 1.82) is 0 Å². The van der Waals surface area contributed by atoms with Crippen molar-refractivity contribution in [1.82, 2.24) is 10.2 Å². The fraction of sp³-hybridized carbons (Fsp3) is 0.296. The molecule has 1 fully saturated rings. The Morgan fingerprint density at radius 1 is 0.970 bits per heavy atom. The first-order chi connectivity index (χ1) is 15.9. The second kappa shape index (κ2) is 10.2. The van der Waals surface area contributed by atoms with Crippen LogP contribution in [0.25, 0.3) is 0 Å². The number of benzene rings is 3. The molecule has 4 rings (SSSR count). The van der Waals surface area contributed by atoms with E-state index in [4.69, 9.17) is 0 Å². The third-order valence-electron chi connectivity index (χ3n) is 6.20. The number of piperidine rings is 1. The minimum absolute atomic E-state index is 0.00224. The highest BCUT2D eigenvalue weighted by molar-refractivity contribution is 5.79. The Morgan fingerprint density at radius 2 is 1.73 bits per heavy atom. The molecule has 0 unspecified atom stereocenters. The molecule has 172 valence electrons. The summed E-state index contributed by atoms with van der Waals surface area (Å²) < 4.78 is 41.0. The molecule has 0 spiro atoms. The second-order valence-electron chi connectivity index (χ2n) is 8.82. The summed E-state index contributed by atoms with van der Waals surface area (Å²) in [5.74, 6) is -1.90. The Morgan fingerprint density at radius 3 is 2.45 bits per heavy atom. The van der Waals surface area contributed by atoms with Crippen LogP contribution >= 0.6 is 0 Å². The Balaban J connectivity index is 1.50. The smallest absolute Gasteiger partial charge is 0.224 e. The van der Waals surface area contributed by atoms with E-state index in [9.17, 15) is 18.0 Å². The zero-order valence-electron chi connectivity index (χ0n) is 18.5. The highest BCUT2D eigenvalue weighted by Gasteiger charge is 2.32. The molecule has 0 saturated carbocycles. The van der Waals surface area contributed by atoms with Gasteiger partial charge in [0.1, 0.15) is 17.5 Å². The summed E-state index contributed by atoms with van der Waals surface area (Å²) in [6, 6.07) is 17.8. The normalized spacial score (nSPS) is 18.8. The van der Waals surface area contributed by atoms with Crippen molar-refractivity contribution < 1.29 is 18.0 Å². The highest BCUT2D eigenvalue weighted by Crippen LogP contribution is 2.32.